The van der Waals surface area contributed by atoms with Gasteiger partial charge in [0.05, 0.1) is 4.90 Å². The Morgan fingerprint density at radius 1 is 0.966 bits per heavy atom. The highest BCUT2D eigenvalue weighted by atomic mass is 32.2. The van der Waals surface area contributed by atoms with E-state index in [1.54, 1.807) is 6.07 Å². The Morgan fingerprint density at radius 3 is 2.14 bits per heavy atom. The van der Waals surface area contributed by atoms with Crippen LogP contribution in [0.1, 0.15) is 41.1 Å². The largest absolute Gasteiger partial charge is 0.378 e. The monoisotopic (exact) mass is 415 g/mol. The van der Waals surface area contributed by atoms with Gasteiger partial charge in [0.1, 0.15) is 0 Å². The number of benzene rings is 2. The minimum atomic E-state index is -3.57. The number of rotatable bonds is 7. The van der Waals surface area contributed by atoms with Gasteiger partial charge in [0.15, 0.2) is 0 Å². The predicted octanol–water partition coefficient (Wildman–Crippen LogP) is 3.79. The van der Waals surface area contributed by atoms with E-state index in [0.29, 0.717) is 11.4 Å². The Morgan fingerprint density at radius 2 is 1.55 bits per heavy atom. The van der Waals surface area contributed by atoms with Gasteiger partial charge < -0.3 is 4.90 Å². The Bertz CT molecular complexity index is 947. The molecule has 0 radical (unpaired) electrons. The lowest BCUT2D eigenvalue weighted by molar-refractivity contribution is 0.246. The molecule has 1 aliphatic rings. The minimum absolute atomic E-state index is 0.0374. The second kappa shape index (κ2) is 8.86. The quantitative estimate of drug-likeness (QED) is 0.747. The number of anilines is 1. The second-order valence-corrected chi connectivity index (χ2v) is 10.0. The van der Waals surface area contributed by atoms with Gasteiger partial charge in [-0.3, -0.25) is 4.90 Å². The van der Waals surface area contributed by atoms with Crippen LogP contribution in [0.15, 0.2) is 41.3 Å². The van der Waals surface area contributed by atoms with Crippen molar-refractivity contribution in [1.29, 1.82) is 0 Å². The van der Waals surface area contributed by atoms with Crippen LogP contribution in [-0.2, 0) is 10.0 Å². The van der Waals surface area contributed by atoms with Gasteiger partial charge in [-0.25, -0.2) is 13.1 Å². The normalized spacial score (nSPS) is 16.2. The predicted molar refractivity (Wildman–Crippen MR) is 120 cm³/mol. The van der Waals surface area contributed by atoms with Gasteiger partial charge in [-0.1, -0.05) is 18.2 Å². The molecule has 2 aromatic rings. The van der Waals surface area contributed by atoms with E-state index < -0.39 is 10.0 Å². The summed E-state index contributed by atoms with van der Waals surface area (Å²) >= 11 is 0. The lowest BCUT2D eigenvalue weighted by Gasteiger charge is -2.28. The fourth-order valence-electron chi connectivity index (χ4n) is 4.00. The van der Waals surface area contributed by atoms with E-state index in [-0.39, 0.29) is 6.04 Å². The number of hydrogen-bond donors (Lipinski definition) is 1. The summed E-state index contributed by atoms with van der Waals surface area (Å²) in [6.07, 6.45) is 2.32. The number of aryl methyl sites for hydroxylation is 3. The third kappa shape index (κ3) is 5.00. The molecule has 0 bridgehead atoms. The average Bonchev–Trinajstić information content (AvgIpc) is 3.19. The topological polar surface area (TPSA) is 52.7 Å². The first-order valence-electron chi connectivity index (χ1n) is 10.3. The molecule has 0 aromatic heterocycles. The van der Waals surface area contributed by atoms with Crippen molar-refractivity contribution >= 4 is 15.7 Å². The van der Waals surface area contributed by atoms with Gasteiger partial charge in [0, 0.05) is 32.4 Å². The minimum Gasteiger partial charge on any atom is -0.378 e. The van der Waals surface area contributed by atoms with Gasteiger partial charge in [-0.05, 0) is 87.2 Å². The fraction of sp³-hybridized carbons (Fsp3) is 0.478. The summed E-state index contributed by atoms with van der Waals surface area (Å²) in [6, 6.07) is 12.2. The molecular weight excluding hydrogens is 382 g/mol. The molecule has 6 heteroatoms. The van der Waals surface area contributed by atoms with Crippen LogP contribution in [0, 0.1) is 20.8 Å². The van der Waals surface area contributed by atoms with Crippen molar-refractivity contribution in [1.82, 2.24) is 9.62 Å². The van der Waals surface area contributed by atoms with Crippen molar-refractivity contribution in [3.05, 3.63) is 58.7 Å². The van der Waals surface area contributed by atoms with Crippen LogP contribution in [-0.4, -0.2) is 47.0 Å². The average molecular weight is 416 g/mol. The second-order valence-electron chi connectivity index (χ2n) is 8.30. The third-order valence-corrected chi connectivity index (χ3v) is 7.49. The molecule has 0 amide bonds. The van der Waals surface area contributed by atoms with Gasteiger partial charge in [0.25, 0.3) is 0 Å². The molecule has 1 fully saturated rings. The van der Waals surface area contributed by atoms with Crippen LogP contribution in [0.5, 0.6) is 0 Å². The van der Waals surface area contributed by atoms with E-state index in [1.807, 2.05) is 40.9 Å². The van der Waals surface area contributed by atoms with Crippen LogP contribution < -0.4 is 9.62 Å². The summed E-state index contributed by atoms with van der Waals surface area (Å²) in [5, 5.41) is 0. The van der Waals surface area contributed by atoms with E-state index in [0.717, 1.165) is 53.9 Å². The molecule has 29 heavy (non-hydrogen) atoms. The molecule has 1 aliphatic heterocycles. The highest BCUT2D eigenvalue weighted by Gasteiger charge is 2.26. The van der Waals surface area contributed by atoms with Crippen LogP contribution >= 0.6 is 0 Å². The Labute approximate surface area is 175 Å². The molecule has 1 heterocycles. The van der Waals surface area contributed by atoms with Crippen molar-refractivity contribution < 1.29 is 8.42 Å². The van der Waals surface area contributed by atoms with Crippen molar-refractivity contribution in [3.63, 3.8) is 0 Å². The van der Waals surface area contributed by atoms with E-state index in [2.05, 4.69) is 38.8 Å². The van der Waals surface area contributed by atoms with Crippen LogP contribution in [0.3, 0.4) is 0 Å². The van der Waals surface area contributed by atoms with E-state index in [9.17, 15) is 8.42 Å². The van der Waals surface area contributed by atoms with Crippen molar-refractivity contribution in [2.75, 3.05) is 38.6 Å². The van der Waals surface area contributed by atoms with E-state index in [1.165, 1.54) is 0 Å². The van der Waals surface area contributed by atoms with Gasteiger partial charge in [0.2, 0.25) is 10.0 Å². The maximum Gasteiger partial charge on any atom is 0.240 e. The summed E-state index contributed by atoms with van der Waals surface area (Å²) < 4.78 is 29.0. The molecule has 3 rings (SSSR count). The molecule has 1 saturated heterocycles. The van der Waals surface area contributed by atoms with Crippen LogP contribution in [0.2, 0.25) is 0 Å². The van der Waals surface area contributed by atoms with Crippen LogP contribution in [0.25, 0.3) is 0 Å². The summed E-state index contributed by atoms with van der Waals surface area (Å²) in [7, 11) is 0.472. The first-order chi connectivity index (χ1) is 13.7. The SMILES string of the molecule is Cc1cc(C)c(S(=O)(=O)NC[C@H](c2ccc(N(C)C)cc2)N2CCCC2)cc1C. The van der Waals surface area contributed by atoms with Crippen molar-refractivity contribution in [3.8, 4) is 0 Å². The zero-order valence-electron chi connectivity index (χ0n) is 18.2. The highest BCUT2D eigenvalue weighted by molar-refractivity contribution is 7.89. The number of likely N-dealkylation sites (tertiary alicyclic amines) is 1. The molecule has 0 unspecified atom stereocenters. The van der Waals surface area contributed by atoms with Gasteiger partial charge >= 0.3 is 0 Å². The standard InChI is InChI=1S/C23H33N3O2S/c1-17-14-19(3)23(15-18(17)2)29(27,28)24-16-22(26-12-6-7-13-26)20-8-10-21(11-9-20)25(4)5/h8-11,14-15,22,24H,6-7,12-13,16H2,1-5H3/t22-/m1/s1. The van der Waals surface area contributed by atoms with E-state index >= 15 is 0 Å². The maximum atomic E-state index is 13.1. The Kier molecular flexibility index (Phi) is 6.66. The first kappa shape index (κ1) is 21.8. The molecule has 0 saturated carbocycles. The highest BCUT2D eigenvalue weighted by Crippen LogP contribution is 2.27. The van der Waals surface area contributed by atoms with Crippen LogP contribution in [0.4, 0.5) is 5.69 Å². The fourth-order valence-corrected chi connectivity index (χ4v) is 5.34. The zero-order valence-corrected chi connectivity index (χ0v) is 19.0. The summed E-state index contributed by atoms with van der Waals surface area (Å²) in [5.41, 5.74) is 5.18. The molecule has 5 nitrogen and oxygen atoms in total. The summed E-state index contributed by atoms with van der Waals surface area (Å²) in [4.78, 5) is 4.84. The molecule has 158 valence electrons. The van der Waals surface area contributed by atoms with Crippen molar-refractivity contribution in [2.45, 2.75) is 44.6 Å². The number of nitrogens with zero attached hydrogens (tertiary/aromatic N) is 2. The number of hydrogen-bond acceptors (Lipinski definition) is 4. The molecule has 1 N–H and O–H groups in total. The Balaban J connectivity index is 1.84. The Hall–Kier alpha value is -1.89. The van der Waals surface area contributed by atoms with Gasteiger partial charge in [-0.15, -0.1) is 0 Å². The van der Waals surface area contributed by atoms with Gasteiger partial charge in [-0.2, -0.15) is 0 Å². The summed E-state index contributed by atoms with van der Waals surface area (Å²) in [6.45, 7) is 8.20. The number of sulfonamides is 1. The lowest BCUT2D eigenvalue weighted by atomic mass is 10.1. The zero-order chi connectivity index (χ0) is 21.2. The summed E-state index contributed by atoms with van der Waals surface area (Å²) in [5.74, 6) is 0. The molecule has 2 aromatic carbocycles. The maximum absolute atomic E-state index is 13.1. The smallest absolute Gasteiger partial charge is 0.240 e. The third-order valence-electron chi connectivity index (χ3n) is 5.92. The molecular formula is C23H33N3O2S. The number of nitrogens with one attached hydrogen (secondary N) is 1. The first-order valence-corrected chi connectivity index (χ1v) is 11.8. The lowest BCUT2D eigenvalue weighted by Crippen LogP contribution is -2.37. The molecule has 0 aliphatic carbocycles. The van der Waals surface area contributed by atoms with Crippen molar-refractivity contribution in [2.24, 2.45) is 0 Å². The van der Waals surface area contributed by atoms with E-state index in [4.69, 9.17) is 0 Å². The molecule has 0 spiro atoms. The molecule has 1 atom stereocenters.